The summed E-state index contributed by atoms with van der Waals surface area (Å²) in [5.41, 5.74) is 0. The molecule has 0 saturated heterocycles. The van der Waals surface area contributed by atoms with Crippen molar-refractivity contribution in [3.63, 3.8) is 0 Å². The maximum atomic E-state index is 2.48. The monoisotopic (exact) mass is 240 g/mol. The average Bonchev–Trinajstić information content (AvgIpc) is 2.26. The second kappa shape index (κ2) is 9.00. The molecule has 0 amide bonds. The molecule has 3 atom stereocenters. The van der Waals surface area contributed by atoms with Gasteiger partial charge in [-0.25, -0.2) is 0 Å². The highest BCUT2D eigenvalue weighted by Gasteiger charge is 2.26. The van der Waals surface area contributed by atoms with Crippen molar-refractivity contribution in [3.8, 4) is 0 Å². The van der Waals surface area contributed by atoms with Crippen LogP contribution in [0.2, 0.25) is 0 Å². The molecule has 0 N–H and O–H groups in total. The Balaban J connectivity index is 4.56. The van der Waals surface area contributed by atoms with Gasteiger partial charge in [-0.1, -0.05) is 74.1 Å². The van der Waals surface area contributed by atoms with Crippen LogP contribution in [0.1, 0.15) is 80.6 Å². The van der Waals surface area contributed by atoms with Crippen LogP contribution in [0.25, 0.3) is 0 Å². The van der Waals surface area contributed by atoms with E-state index in [0.717, 1.165) is 29.6 Å². The Kier molecular flexibility index (Phi) is 9.00. The molecule has 17 heavy (non-hydrogen) atoms. The zero-order valence-electron chi connectivity index (χ0n) is 13.4. The van der Waals surface area contributed by atoms with Crippen molar-refractivity contribution in [1.29, 1.82) is 0 Å². The van der Waals surface area contributed by atoms with Gasteiger partial charge in [0, 0.05) is 0 Å². The van der Waals surface area contributed by atoms with Gasteiger partial charge < -0.3 is 0 Å². The molecule has 0 aliphatic heterocycles. The Labute approximate surface area is 111 Å². The van der Waals surface area contributed by atoms with Gasteiger partial charge in [-0.15, -0.1) is 0 Å². The second-order valence-electron chi connectivity index (χ2n) is 6.70. The third-order valence-electron chi connectivity index (χ3n) is 4.59. The molecule has 0 fully saturated rings. The van der Waals surface area contributed by atoms with Crippen LogP contribution in [0.3, 0.4) is 0 Å². The third-order valence-corrected chi connectivity index (χ3v) is 4.59. The van der Waals surface area contributed by atoms with E-state index in [0.29, 0.717) is 0 Å². The molecular weight excluding hydrogens is 204 g/mol. The highest BCUT2D eigenvalue weighted by atomic mass is 14.3. The molecule has 0 bridgehead atoms. The molecule has 0 rings (SSSR count). The largest absolute Gasteiger partial charge is 0.0654 e. The molecule has 0 nitrogen and oxygen atoms in total. The number of hydrogen-bond donors (Lipinski definition) is 0. The van der Waals surface area contributed by atoms with E-state index >= 15 is 0 Å². The summed E-state index contributed by atoms with van der Waals surface area (Å²) >= 11 is 0. The van der Waals surface area contributed by atoms with Crippen molar-refractivity contribution in [1.82, 2.24) is 0 Å². The van der Waals surface area contributed by atoms with E-state index in [9.17, 15) is 0 Å². The lowest BCUT2D eigenvalue weighted by Crippen LogP contribution is -2.25. The Bertz CT molecular complexity index is 169. The summed E-state index contributed by atoms with van der Waals surface area (Å²) in [6, 6.07) is 0. The van der Waals surface area contributed by atoms with Gasteiger partial charge in [-0.2, -0.15) is 0 Å². The standard InChI is InChI=1S/C17H36/c1-8-10-16(9-2)17(12-11-13(3)4)15(7)14(5)6/h13-17H,8-12H2,1-7H3. The fraction of sp³-hybridized carbons (Fsp3) is 1.00. The fourth-order valence-electron chi connectivity index (χ4n) is 3.04. The zero-order chi connectivity index (χ0) is 13.4. The van der Waals surface area contributed by atoms with Crippen molar-refractivity contribution in [2.24, 2.45) is 29.6 Å². The van der Waals surface area contributed by atoms with E-state index in [-0.39, 0.29) is 0 Å². The summed E-state index contributed by atoms with van der Waals surface area (Å²) in [6.07, 6.45) is 6.99. The molecule has 3 unspecified atom stereocenters. The zero-order valence-corrected chi connectivity index (χ0v) is 13.4. The van der Waals surface area contributed by atoms with Gasteiger partial charge in [0.25, 0.3) is 0 Å². The first-order valence-corrected chi connectivity index (χ1v) is 7.93. The van der Waals surface area contributed by atoms with Crippen molar-refractivity contribution >= 4 is 0 Å². The van der Waals surface area contributed by atoms with Crippen LogP contribution in [0, 0.1) is 29.6 Å². The van der Waals surface area contributed by atoms with Crippen LogP contribution in [0.5, 0.6) is 0 Å². The van der Waals surface area contributed by atoms with Crippen molar-refractivity contribution in [2.45, 2.75) is 80.6 Å². The van der Waals surface area contributed by atoms with Gasteiger partial charge in [-0.3, -0.25) is 0 Å². The van der Waals surface area contributed by atoms with Crippen molar-refractivity contribution < 1.29 is 0 Å². The fourth-order valence-corrected chi connectivity index (χ4v) is 3.04. The smallest absolute Gasteiger partial charge is 0.0358 e. The summed E-state index contributed by atoms with van der Waals surface area (Å²) in [5.74, 6) is 4.47. The highest BCUT2D eigenvalue weighted by molar-refractivity contribution is 4.76. The van der Waals surface area contributed by atoms with Crippen molar-refractivity contribution in [3.05, 3.63) is 0 Å². The summed E-state index contributed by atoms with van der Waals surface area (Å²) in [5, 5.41) is 0. The van der Waals surface area contributed by atoms with Crippen LogP contribution < -0.4 is 0 Å². The van der Waals surface area contributed by atoms with E-state index in [4.69, 9.17) is 0 Å². The molecular formula is C17H36. The molecule has 0 aliphatic rings. The van der Waals surface area contributed by atoms with E-state index in [2.05, 4.69) is 48.5 Å². The lowest BCUT2D eigenvalue weighted by Gasteiger charge is -2.34. The molecule has 0 aromatic carbocycles. The first kappa shape index (κ1) is 17.0. The van der Waals surface area contributed by atoms with Crippen LogP contribution in [0.4, 0.5) is 0 Å². The van der Waals surface area contributed by atoms with E-state index in [1.165, 1.54) is 32.1 Å². The maximum Gasteiger partial charge on any atom is -0.0358 e. The van der Waals surface area contributed by atoms with Crippen LogP contribution in [-0.4, -0.2) is 0 Å². The Morgan fingerprint density at radius 2 is 1.35 bits per heavy atom. The molecule has 0 aliphatic carbocycles. The Morgan fingerprint density at radius 3 is 1.71 bits per heavy atom. The summed E-state index contributed by atoms with van der Waals surface area (Å²) < 4.78 is 0. The Morgan fingerprint density at radius 1 is 0.765 bits per heavy atom. The average molecular weight is 240 g/mol. The minimum absolute atomic E-state index is 0.832. The minimum Gasteiger partial charge on any atom is -0.0654 e. The Hall–Kier alpha value is 0. The van der Waals surface area contributed by atoms with Crippen LogP contribution in [0.15, 0.2) is 0 Å². The predicted octanol–water partition coefficient (Wildman–Crippen LogP) is 6.16. The molecule has 104 valence electrons. The van der Waals surface area contributed by atoms with Gasteiger partial charge in [0.2, 0.25) is 0 Å². The molecule has 0 radical (unpaired) electrons. The molecule has 0 spiro atoms. The number of rotatable bonds is 9. The number of hydrogen-bond acceptors (Lipinski definition) is 0. The molecule has 0 aromatic heterocycles. The van der Waals surface area contributed by atoms with Crippen LogP contribution >= 0.6 is 0 Å². The molecule has 0 heteroatoms. The summed E-state index contributed by atoms with van der Waals surface area (Å²) in [6.45, 7) is 16.7. The van der Waals surface area contributed by atoms with Gasteiger partial charge in [0.05, 0.1) is 0 Å². The first-order chi connectivity index (χ1) is 7.93. The third kappa shape index (κ3) is 6.48. The second-order valence-corrected chi connectivity index (χ2v) is 6.70. The predicted molar refractivity (Wildman–Crippen MR) is 80.3 cm³/mol. The quantitative estimate of drug-likeness (QED) is 0.453. The van der Waals surface area contributed by atoms with Crippen molar-refractivity contribution in [2.75, 3.05) is 0 Å². The van der Waals surface area contributed by atoms with Crippen LogP contribution in [-0.2, 0) is 0 Å². The van der Waals surface area contributed by atoms with E-state index < -0.39 is 0 Å². The molecule has 0 saturated carbocycles. The lowest BCUT2D eigenvalue weighted by atomic mass is 9.71. The summed E-state index contributed by atoms with van der Waals surface area (Å²) in [4.78, 5) is 0. The lowest BCUT2D eigenvalue weighted by molar-refractivity contribution is 0.158. The van der Waals surface area contributed by atoms with Gasteiger partial charge in [0.1, 0.15) is 0 Å². The minimum atomic E-state index is 0.832. The molecule has 0 heterocycles. The van der Waals surface area contributed by atoms with Gasteiger partial charge >= 0.3 is 0 Å². The van der Waals surface area contributed by atoms with Gasteiger partial charge in [-0.05, 0) is 36.0 Å². The SMILES string of the molecule is CCCC(CC)C(CCC(C)C)C(C)C(C)C. The molecule has 0 aromatic rings. The first-order valence-electron chi connectivity index (χ1n) is 7.93. The highest BCUT2D eigenvalue weighted by Crippen LogP contribution is 2.36. The van der Waals surface area contributed by atoms with E-state index in [1.807, 2.05) is 0 Å². The topological polar surface area (TPSA) is 0 Å². The van der Waals surface area contributed by atoms with E-state index in [1.54, 1.807) is 0 Å². The summed E-state index contributed by atoms with van der Waals surface area (Å²) in [7, 11) is 0. The van der Waals surface area contributed by atoms with Gasteiger partial charge in [0.15, 0.2) is 0 Å². The normalized spacial score (nSPS) is 17.5. The maximum absolute atomic E-state index is 2.48.